The Balaban J connectivity index is 2.16. The predicted molar refractivity (Wildman–Crippen MR) is 89.7 cm³/mol. The third-order valence-electron chi connectivity index (χ3n) is 5.61. The molecule has 1 saturated heterocycles. The summed E-state index contributed by atoms with van der Waals surface area (Å²) in [5, 5.41) is 9.82. The van der Waals surface area contributed by atoms with Gasteiger partial charge in [0, 0.05) is 12.6 Å². The van der Waals surface area contributed by atoms with Crippen molar-refractivity contribution in [1.82, 2.24) is 4.90 Å². The van der Waals surface area contributed by atoms with Gasteiger partial charge in [-0.05, 0) is 32.1 Å². The van der Waals surface area contributed by atoms with Crippen LogP contribution in [0, 0.1) is 0 Å². The number of carbonyl (C=O) groups is 1. The standard InChI is InChI=1S/C18H34N2O2/c19-18(17(21)22)14-10-6-3-7-11-15-20(18)16-12-8-4-1-2-5-9-13-16/h16H,1-15,19H2,(H,21,22). The Bertz CT molecular complexity index is 338. The number of nitrogens with two attached hydrogens (primary N) is 1. The molecule has 0 aromatic rings. The Labute approximate surface area is 135 Å². The van der Waals surface area contributed by atoms with E-state index < -0.39 is 11.6 Å². The van der Waals surface area contributed by atoms with Crippen LogP contribution >= 0.6 is 0 Å². The van der Waals surface area contributed by atoms with E-state index in [1.165, 1.54) is 51.4 Å². The zero-order chi connectivity index (χ0) is 15.8. The number of hydrogen-bond donors (Lipinski definition) is 2. The van der Waals surface area contributed by atoms with E-state index in [-0.39, 0.29) is 0 Å². The number of aliphatic carboxylic acids is 1. The summed E-state index contributed by atoms with van der Waals surface area (Å²) in [5.41, 5.74) is 5.32. The molecule has 2 fully saturated rings. The minimum Gasteiger partial charge on any atom is -0.479 e. The molecule has 22 heavy (non-hydrogen) atoms. The van der Waals surface area contributed by atoms with Gasteiger partial charge in [-0.2, -0.15) is 0 Å². The highest BCUT2D eigenvalue weighted by atomic mass is 16.4. The molecule has 1 atom stereocenters. The van der Waals surface area contributed by atoms with Crippen molar-refractivity contribution >= 4 is 5.97 Å². The SMILES string of the molecule is NC1(C(=O)O)CCCCCCCN1C1CCCCCCCC1. The van der Waals surface area contributed by atoms with E-state index in [9.17, 15) is 9.90 Å². The average molecular weight is 310 g/mol. The van der Waals surface area contributed by atoms with Gasteiger partial charge in [0.05, 0.1) is 0 Å². The lowest BCUT2D eigenvalue weighted by Gasteiger charge is -2.43. The highest BCUT2D eigenvalue weighted by molar-refractivity contribution is 5.78. The maximum atomic E-state index is 12.0. The summed E-state index contributed by atoms with van der Waals surface area (Å²) in [6, 6.07) is 0.359. The lowest BCUT2D eigenvalue weighted by Crippen LogP contribution is -2.64. The van der Waals surface area contributed by atoms with Crippen LogP contribution in [0.1, 0.15) is 89.9 Å². The van der Waals surface area contributed by atoms with E-state index >= 15 is 0 Å². The van der Waals surface area contributed by atoms with Gasteiger partial charge in [-0.1, -0.05) is 57.8 Å². The molecule has 128 valence electrons. The molecule has 1 unspecified atom stereocenters. The van der Waals surface area contributed by atoms with E-state index in [1.807, 2.05) is 0 Å². The lowest BCUT2D eigenvalue weighted by atomic mass is 9.95. The van der Waals surface area contributed by atoms with Crippen molar-refractivity contribution in [2.45, 2.75) is 102 Å². The molecule has 2 rings (SSSR count). The lowest BCUT2D eigenvalue weighted by molar-refractivity contribution is -0.154. The quantitative estimate of drug-likeness (QED) is 0.812. The molecule has 0 aromatic carbocycles. The first-order chi connectivity index (χ1) is 10.6. The summed E-state index contributed by atoms with van der Waals surface area (Å²) in [6.45, 7) is 0.855. The van der Waals surface area contributed by atoms with Crippen molar-refractivity contribution in [2.75, 3.05) is 6.54 Å². The van der Waals surface area contributed by atoms with Gasteiger partial charge in [-0.15, -0.1) is 0 Å². The zero-order valence-corrected chi connectivity index (χ0v) is 14.1. The summed E-state index contributed by atoms with van der Waals surface area (Å²) >= 11 is 0. The highest BCUT2D eigenvalue weighted by Gasteiger charge is 2.43. The van der Waals surface area contributed by atoms with Crippen molar-refractivity contribution in [1.29, 1.82) is 0 Å². The van der Waals surface area contributed by atoms with Crippen LogP contribution in [0.15, 0.2) is 0 Å². The van der Waals surface area contributed by atoms with Gasteiger partial charge in [0.1, 0.15) is 0 Å². The number of hydrogen-bond acceptors (Lipinski definition) is 3. The van der Waals surface area contributed by atoms with Crippen LogP contribution in [0.4, 0.5) is 0 Å². The maximum absolute atomic E-state index is 12.0. The van der Waals surface area contributed by atoms with Crippen LogP contribution in [0.5, 0.6) is 0 Å². The number of carboxylic acid groups (broad SMARTS) is 1. The normalized spacial score (nSPS) is 31.1. The highest BCUT2D eigenvalue weighted by Crippen LogP contribution is 2.30. The number of carboxylic acids is 1. The van der Waals surface area contributed by atoms with Crippen molar-refractivity contribution in [3.05, 3.63) is 0 Å². The second kappa shape index (κ2) is 8.88. The molecule has 0 amide bonds. The third-order valence-corrected chi connectivity index (χ3v) is 5.61. The molecule has 1 saturated carbocycles. The van der Waals surface area contributed by atoms with E-state index in [2.05, 4.69) is 4.90 Å². The van der Waals surface area contributed by atoms with E-state index in [0.717, 1.165) is 38.6 Å². The predicted octanol–water partition coefficient (Wildman–Crippen LogP) is 3.89. The summed E-state index contributed by atoms with van der Waals surface area (Å²) in [4.78, 5) is 14.1. The second-order valence-electron chi connectivity index (χ2n) is 7.29. The molecule has 1 aliphatic carbocycles. The summed E-state index contributed by atoms with van der Waals surface area (Å²) < 4.78 is 0. The van der Waals surface area contributed by atoms with Crippen molar-refractivity contribution < 1.29 is 9.90 Å². The topological polar surface area (TPSA) is 66.6 Å². The minimum atomic E-state index is -1.15. The molecule has 2 aliphatic rings. The molecule has 0 bridgehead atoms. The second-order valence-corrected chi connectivity index (χ2v) is 7.29. The Morgan fingerprint density at radius 1 is 0.864 bits per heavy atom. The summed E-state index contributed by atoms with van der Waals surface area (Å²) in [5.74, 6) is -0.825. The van der Waals surface area contributed by atoms with Crippen molar-refractivity contribution in [2.24, 2.45) is 5.73 Å². The Morgan fingerprint density at radius 3 is 1.95 bits per heavy atom. The first kappa shape index (κ1) is 17.7. The van der Waals surface area contributed by atoms with E-state index in [4.69, 9.17) is 5.73 Å². The van der Waals surface area contributed by atoms with Gasteiger partial charge in [-0.3, -0.25) is 4.90 Å². The smallest absolute Gasteiger partial charge is 0.338 e. The van der Waals surface area contributed by atoms with Crippen LogP contribution in [0.2, 0.25) is 0 Å². The average Bonchev–Trinajstić information content (AvgIpc) is 2.68. The van der Waals surface area contributed by atoms with Crippen LogP contribution < -0.4 is 5.73 Å². The van der Waals surface area contributed by atoms with Gasteiger partial charge in [0.2, 0.25) is 0 Å². The first-order valence-electron chi connectivity index (χ1n) is 9.43. The van der Waals surface area contributed by atoms with Crippen LogP contribution in [-0.4, -0.2) is 34.2 Å². The van der Waals surface area contributed by atoms with Gasteiger partial charge in [0.25, 0.3) is 0 Å². The summed E-state index contributed by atoms with van der Waals surface area (Å²) in [7, 11) is 0. The maximum Gasteiger partial charge on any atom is 0.338 e. The Kier molecular flexibility index (Phi) is 7.16. The van der Waals surface area contributed by atoms with E-state index in [1.54, 1.807) is 0 Å². The van der Waals surface area contributed by atoms with Crippen LogP contribution in [0.3, 0.4) is 0 Å². The Hall–Kier alpha value is -0.610. The molecular formula is C18H34N2O2. The zero-order valence-electron chi connectivity index (χ0n) is 14.1. The number of rotatable bonds is 2. The first-order valence-corrected chi connectivity index (χ1v) is 9.43. The number of nitrogens with zero attached hydrogens (tertiary/aromatic N) is 1. The third kappa shape index (κ3) is 4.69. The van der Waals surface area contributed by atoms with Gasteiger partial charge in [-0.25, -0.2) is 4.79 Å². The molecule has 0 radical (unpaired) electrons. The molecule has 1 heterocycles. The molecule has 0 aromatic heterocycles. The molecular weight excluding hydrogens is 276 g/mol. The fourth-order valence-electron chi connectivity index (χ4n) is 4.21. The fourth-order valence-corrected chi connectivity index (χ4v) is 4.21. The van der Waals surface area contributed by atoms with Gasteiger partial charge in [0.15, 0.2) is 5.66 Å². The minimum absolute atomic E-state index is 0.359. The van der Waals surface area contributed by atoms with E-state index in [0.29, 0.717) is 12.5 Å². The molecule has 1 aliphatic heterocycles. The molecule has 3 N–H and O–H groups in total. The summed E-state index contributed by atoms with van der Waals surface area (Å²) in [6.07, 6.45) is 16.1. The largest absolute Gasteiger partial charge is 0.479 e. The molecule has 4 heteroatoms. The monoisotopic (exact) mass is 310 g/mol. The van der Waals surface area contributed by atoms with Gasteiger partial charge < -0.3 is 10.8 Å². The van der Waals surface area contributed by atoms with Crippen molar-refractivity contribution in [3.8, 4) is 0 Å². The molecule has 0 spiro atoms. The fraction of sp³-hybridized carbons (Fsp3) is 0.944. The van der Waals surface area contributed by atoms with Crippen LogP contribution in [-0.2, 0) is 4.79 Å². The van der Waals surface area contributed by atoms with Gasteiger partial charge >= 0.3 is 5.97 Å². The molecule has 4 nitrogen and oxygen atoms in total. The van der Waals surface area contributed by atoms with Crippen molar-refractivity contribution in [3.63, 3.8) is 0 Å². The Morgan fingerprint density at radius 2 is 1.36 bits per heavy atom. The van der Waals surface area contributed by atoms with Crippen LogP contribution in [0.25, 0.3) is 0 Å².